The zero-order chi connectivity index (χ0) is 16.9. The summed E-state index contributed by atoms with van der Waals surface area (Å²) in [6, 6.07) is 0.499. The minimum atomic E-state index is 0.253. The van der Waals surface area contributed by atoms with Gasteiger partial charge in [-0.3, -0.25) is 9.59 Å². The molecule has 24 heavy (non-hydrogen) atoms. The van der Waals surface area contributed by atoms with E-state index in [1.54, 1.807) is 0 Å². The second-order valence-electron chi connectivity index (χ2n) is 8.28. The van der Waals surface area contributed by atoms with E-state index in [2.05, 4.69) is 11.8 Å². The molecule has 2 aliphatic heterocycles. The summed E-state index contributed by atoms with van der Waals surface area (Å²) in [7, 11) is 0. The van der Waals surface area contributed by atoms with Crippen molar-refractivity contribution in [1.29, 1.82) is 0 Å². The van der Waals surface area contributed by atoms with Crippen LogP contribution in [0, 0.1) is 11.8 Å². The number of hydrogen-bond acceptors (Lipinski definition) is 2. The Morgan fingerprint density at radius 3 is 2.42 bits per heavy atom. The Bertz CT molecular complexity index is 449. The lowest BCUT2D eigenvalue weighted by Gasteiger charge is -2.44. The van der Waals surface area contributed by atoms with Gasteiger partial charge in [-0.1, -0.05) is 19.8 Å². The van der Waals surface area contributed by atoms with Crippen molar-refractivity contribution >= 4 is 11.8 Å². The molecule has 2 saturated heterocycles. The highest BCUT2D eigenvalue weighted by atomic mass is 16.2. The van der Waals surface area contributed by atoms with Crippen LogP contribution in [0.25, 0.3) is 0 Å². The second-order valence-corrected chi connectivity index (χ2v) is 8.28. The van der Waals surface area contributed by atoms with E-state index < -0.39 is 0 Å². The van der Waals surface area contributed by atoms with Gasteiger partial charge in [-0.2, -0.15) is 0 Å². The van der Waals surface area contributed by atoms with E-state index >= 15 is 0 Å². The van der Waals surface area contributed by atoms with Crippen molar-refractivity contribution in [2.24, 2.45) is 11.8 Å². The normalized spacial score (nSPS) is 30.8. The number of fused-ring (bicyclic) bond motifs is 1. The smallest absolute Gasteiger partial charge is 0.222 e. The predicted octanol–water partition coefficient (Wildman–Crippen LogP) is 3.60. The quantitative estimate of drug-likeness (QED) is 0.788. The first-order valence-electron chi connectivity index (χ1n) is 10.2. The highest BCUT2D eigenvalue weighted by Crippen LogP contribution is 2.35. The lowest BCUT2D eigenvalue weighted by atomic mass is 9.78. The molecule has 2 amide bonds. The molecule has 3 aliphatic rings. The van der Waals surface area contributed by atoms with Crippen molar-refractivity contribution in [3.05, 3.63) is 0 Å². The van der Waals surface area contributed by atoms with Crippen molar-refractivity contribution in [2.75, 3.05) is 19.6 Å². The van der Waals surface area contributed by atoms with Crippen LogP contribution in [0.4, 0.5) is 0 Å². The van der Waals surface area contributed by atoms with Crippen LogP contribution in [-0.4, -0.2) is 47.3 Å². The van der Waals surface area contributed by atoms with E-state index in [1.807, 2.05) is 4.90 Å². The number of carbonyl (C=O) groups excluding carboxylic acids is 2. The molecule has 0 aromatic carbocycles. The van der Waals surface area contributed by atoms with E-state index in [1.165, 1.54) is 38.5 Å². The molecule has 4 heteroatoms. The van der Waals surface area contributed by atoms with Crippen molar-refractivity contribution < 1.29 is 9.59 Å². The Kier molecular flexibility index (Phi) is 6.18. The van der Waals surface area contributed by atoms with Crippen molar-refractivity contribution in [3.63, 3.8) is 0 Å². The fourth-order valence-electron chi connectivity index (χ4n) is 5.04. The minimum Gasteiger partial charge on any atom is -0.342 e. The maximum atomic E-state index is 12.7. The highest BCUT2D eigenvalue weighted by molar-refractivity contribution is 5.79. The molecule has 3 fully saturated rings. The van der Waals surface area contributed by atoms with E-state index in [-0.39, 0.29) is 5.91 Å². The van der Waals surface area contributed by atoms with Gasteiger partial charge in [0.25, 0.3) is 0 Å². The molecule has 1 saturated carbocycles. The van der Waals surface area contributed by atoms with Gasteiger partial charge in [0.05, 0.1) is 0 Å². The van der Waals surface area contributed by atoms with Gasteiger partial charge in [0.2, 0.25) is 11.8 Å². The van der Waals surface area contributed by atoms with Gasteiger partial charge < -0.3 is 9.80 Å². The van der Waals surface area contributed by atoms with E-state index in [0.717, 1.165) is 44.8 Å². The summed E-state index contributed by atoms with van der Waals surface area (Å²) in [5.74, 6) is 1.92. The summed E-state index contributed by atoms with van der Waals surface area (Å²) in [5, 5.41) is 0. The van der Waals surface area contributed by atoms with Crippen LogP contribution >= 0.6 is 0 Å². The number of likely N-dealkylation sites (tertiary alicyclic amines) is 2. The standard InChI is InChI=1S/C20H34N2O2/c1-16-7-5-13-21(15-16)19(23)11-4-12-20(24)22-14-6-9-17-8-2-3-10-18(17)22/h16-18H,2-15H2,1H3. The fourth-order valence-corrected chi connectivity index (χ4v) is 5.04. The number of nitrogens with zero attached hydrogens (tertiary/aromatic N) is 2. The van der Waals surface area contributed by atoms with E-state index in [9.17, 15) is 9.59 Å². The van der Waals surface area contributed by atoms with Gasteiger partial charge in [0.1, 0.15) is 0 Å². The van der Waals surface area contributed by atoms with E-state index in [4.69, 9.17) is 0 Å². The lowest BCUT2D eigenvalue weighted by Crippen LogP contribution is -2.49. The first-order chi connectivity index (χ1) is 11.6. The van der Waals surface area contributed by atoms with Crippen LogP contribution in [0.2, 0.25) is 0 Å². The average molecular weight is 335 g/mol. The minimum absolute atomic E-state index is 0.253. The predicted molar refractivity (Wildman–Crippen MR) is 95.5 cm³/mol. The van der Waals surface area contributed by atoms with Gasteiger partial charge in [-0.15, -0.1) is 0 Å². The number of rotatable bonds is 4. The van der Waals surface area contributed by atoms with Gasteiger partial charge >= 0.3 is 0 Å². The Morgan fingerprint density at radius 2 is 1.58 bits per heavy atom. The first kappa shape index (κ1) is 17.8. The number of amides is 2. The van der Waals surface area contributed by atoms with Crippen molar-refractivity contribution in [1.82, 2.24) is 9.80 Å². The van der Waals surface area contributed by atoms with Crippen LogP contribution in [0.1, 0.15) is 77.6 Å². The molecule has 0 N–H and O–H groups in total. The fraction of sp³-hybridized carbons (Fsp3) is 0.900. The molecule has 3 rings (SSSR count). The van der Waals surface area contributed by atoms with Crippen LogP contribution in [0.5, 0.6) is 0 Å². The molecule has 2 heterocycles. The van der Waals surface area contributed by atoms with E-state index in [0.29, 0.717) is 30.7 Å². The molecule has 3 unspecified atom stereocenters. The zero-order valence-electron chi connectivity index (χ0n) is 15.3. The SMILES string of the molecule is CC1CCCN(C(=O)CCCC(=O)N2CCCC3CCCCC32)C1. The maximum Gasteiger partial charge on any atom is 0.222 e. The number of piperidine rings is 2. The third-order valence-electron chi connectivity index (χ3n) is 6.35. The van der Waals surface area contributed by atoms with Crippen molar-refractivity contribution in [2.45, 2.75) is 83.6 Å². The third kappa shape index (κ3) is 4.31. The zero-order valence-corrected chi connectivity index (χ0v) is 15.3. The summed E-state index contributed by atoms with van der Waals surface area (Å²) in [4.78, 5) is 29.2. The van der Waals surface area contributed by atoms with Gasteiger partial charge in [-0.05, 0) is 56.8 Å². The number of hydrogen-bond donors (Lipinski definition) is 0. The Hall–Kier alpha value is -1.06. The first-order valence-corrected chi connectivity index (χ1v) is 10.2. The molecule has 0 radical (unpaired) electrons. The summed E-state index contributed by atoms with van der Waals surface area (Å²) < 4.78 is 0. The molecule has 0 aromatic rings. The average Bonchev–Trinajstić information content (AvgIpc) is 2.61. The Labute approximate surface area is 146 Å². The molecular formula is C20H34N2O2. The monoisotopic (exact) mass is 334 g/mol. The molecule has 3 atom stereocenters. The highest BCUT2D eigenvalue weighted by Gasteiger charge is 2.35. The van der Waals surface area contributed by atoms with Crippen molar-refractivity contribution in [3.8, 4) is 0 Å². The van der Waals surface area contributed by atoms with Crippen LogP contribution in [-0.2, 0) is 9.59 Å². The molecular weight excluding hydrogens is 300 g/mol. The largest absolute Gasteiger partial charge is 0.342 e. The van der Waals surface area contributed by atoms with Crippen LogP contribution in [0.3, 0.4) is 0 Å². The Morgan fingerprint density at radius 1 is 0.875 bits per heavy atom. The molecule has 4 nitrogen and oxygen atoms in total. The molecule has 1 aliphatic carbocycles. The van der Waals surface area contributed by atoms with Gasteiger partial charge in [0, 0.05) is 38.5 Å². The summed E-state index contributed by atoms with van der Waals surface area (Å²) in [5.41, 5.74) is 0. The molecule has 0 aromatic heterocycles. The van der Waals surface area contributed by atoms with Gasteiger partial charge in [0.15, 0.2) is 0 Å². The summed E-state index contributed by atoms with van der Waals surface area (Å²) in [6.45, 7) is 4.98. The van der Waals surface area contributed by atoms with Crippen LogP contribution < -0.4 is 0 Å². The molecule has 136 valence electrons. The topological polar surface area (TPSA) is 40.6 Å². The summed E-state index contributed by atoms with van der Waals surface area (Å²) in [6.07, 6.45) is 11.8. The third-order valence-corrected chi connectivity index (χ3v) is 6.35. The van der Waals surface area contributed by atoms with Crippen LogP contribution in [0.15, 0.2) is 0 Å². The second kappa shape index (κ2) is 8.35. The molecule has 0 bridgehead atoms. The maximum absolute atomic E-state index is 12.7. The lowest BCUT2D eigenvalue weighted by molar-refractivity contribution is -0.138. The Balaban J connectivity index is 1.42. The summed E-state index contributed by atoms with van der Waals surface area (Å²) >= 11 is 0. The van der Waals surface area contributed by atoms with Gasteiger partial charge in [-0.25, -0.2) is 0 Å². The number of carbonyl (C=O) groups is 2. The molecule has 0 spiro atoms.